The Kier molecular flexibility index (Phi) is 6.33. The number of non-ortho nitro benzene ring substituents is 1. The number of ether oxygens (including phenoxy) is 1. The Balaban J connectivity index is 1.92. The molecular weight excluding hydrogens is 328 g/mol. The van der Waals surface area contributed by atoms with Crippen LogP contribution < -0.4 is 15.4 Å². The van der Waals surface area contributed by atoms with Crippen molar-refractivity contribution in [1.82, 2.24) is 10.2 Å². The molecule has 1 heterocycles. The number of hydrogen-bond acceptors (Lipinski definition) is 5. The summed E-state index contributed by atoms with van der Waals surface area (Å²) in [4.78, 5) is 12.8. The van der Waals surface area contributed by atoms with Gasteiger partial charge in [-0.05, 0) is 45.0 Å². The number of nitrogens with zero attached hydrogens (tertiary/aromatic N) is 2. The van der Waals surface area contributed by atoms with Gasteiger partial charge in [0.15, 0.2) is 5.11 Å². The Labute approximate surface area is 147 Å². The number of benzene rings is 1. The van der Waals surface area contributed by atoms with E-state index in [1.54, 1.807) is 6.07 Å². The molecule has 1 aliphatic rings. The van der Waals surface area contributed by atoms with Crippen LogP contribution in [0.15, 0.2) is 18.2 Å². The maximum absolute atomic E-state index is 10.8. The molecule has 1 fully saturated rings. The smallest absolute Gasteiger partial charge is 0.273 e. The standard InChI is InChI=1S/C16H24N4O3S/c1-11(2)19-8-6-12(7-9-19)17-16(24)18-14-5-4-13(20(21)22)10-15(14)23-3/h4-5,10-12H,6-9H2,1-3H3,(H2,17,18,24). The monoisotopic (exact) mass is 352 g/mol. The van der Waals surface area contributed by atoms with Gasteiger partial charge in [0, 0.05) is 31.2 Å². The molecule has 0 saturated carbocycles. The van der Waals surface area contributed by atoms with Crippen molar-refractivity contribution in [3.05, 3.63) is 28.3 Å². The summed E-state index contributed by atoms with van der Waals surface area (Å²) in [5.41, 5.74) is 0.595. The van der Waals surface area contributed by atoms with E-state index in [0.29, 0.717) is 28.6 Å². The van der Waals surface area contributed by atoms with E-state index in [1.165, 1.54) is 19.2 Å². The largest absolute Gasteiger partial charge is 0.494 e. The minimum absolute atomic E-state index is 0.0164. The van der Waals surface area contributed by atoms with Crippen LogP contribution >= 0.6 is 12.2 Å². The maximum atomic E-state index is 10.8. The second kappa shape index (κ2) is 8.25. The molecule has 0 aliphatic carbocycles. The van der Waals surface area contributed by atoms with Crippen molar-refractivity contribution in [3.63, 3.8) is 0 Å². The van der Waals surface area contributed by atoms with Gasteiger partial charge in [-0.1, -0.05) is 0 Å². The number of piperidine rings is 1. The van der Waals surface area contributed by atoms with E-state index in [9.17, 15) is 10.1 Å². The minimum Gasteiger partial charge on any atom is -0.494 e. The number of rotatable bonds is 5. The molecule has 0 bridgehead atoms. The normalized spacial score (nSPS) is 16.0. The van der Waals surface area contributed by atoms with Crippen molar-refractivity contribution in [2.45, 2.75) is 38.8 Å². The van der Waals surface area contributed by atoms with E-state index in [1.807, 2.05) is 0 Å². The van der Waals surface area contributed by atoms with E-state index in [0.717, 1.165) is 25.9 Å². The zero-order valence-electron chi connectivity index (χ0n) is 14.2. The molecule has 24 heavy (non-hydrogen) atoms. The van der Waals surface area contributed by atoms with Crippen LogP contribution in [0.5, 0.6) is 5.75 Å². The quantitative estimate of drug-likeness (QED) is 0.479. The molecule has 7 nitrogen and oxygen atoms in total. The van der Waals surface area contributed by atoms with Crippen LogP contribution in [0.3, 0.4) is 0 Å². The van der Waals surface area contributed by atoms with Crippen molar-refractivity contribution >= 4 is 28.7 Å². The van der Waals surface area contributed by atoms with Gasteiger partial charge in [-0.3, -0.25) is 10.1 Å². The van der Waals surface area contributed by atoms with Gasteiger partial charge >= 0.3 is 0 Å². The summed E-state index contributed by atoms with van der Waals surface area (Å²) < 4.78 is 5.21. The average molecular weight is 352 g/mol. The number of nitro groups is 1. The molecule has 0 spiro atoms. The van der Waals surface area contributed by atoms with Gasteiger partial charge in [0.25, 0.3) is 5.69 Å². The second-order valence-electron chi connectivity index (χ2n) is 6.14. The third kappa shape index (κ3) is 4.78. The van der Waals surface area contributed by atoms with Gasteiger partial charge < -0.3 is 20.3 Å². The van der Waals surface area contributed by atoms with Crippen LogP contribution in [0.4, 0.5) is 11.4 Å². The van der Waals surface area contributed by atoms with Crippen LogP contribution in [-0.2, 0) is 0 Å². The molecule has 1 aromatic carbocycles. The first-order chi connectivity index (χ1) is 11.4. The Morgan fingerprint density at radius 1 is 1.42 bits per heavy atom. The van der Waals surface area contributed by atoms with E-state index in [2.05, 4.69) is 29.4 Å². The maximum Gasteiger partial charge on any atom is 0.273 e. The predicted octanol–water partition coefficient (Wildman–Crippen LogP) is 2.76. The number of hydrogen-bond donors (Lipinski definition) is 2. The topological polar surface area (TPSA) is 79.7 Å². The average Bonchev–Trinajstić information content (AvgIpc) is 2.55. The van der Waals surface area contributed by atoms with Crippen LogP contribution in [-0.4, -0.2) is 47.2 Å². The Bertz CT molecular complexity index is 601. The molecule has 0 radical (unpaired) electrons. The highest BCUT2D eigenvalue weighted by molar-refractivity contribution is 7.80. The molecule has 2 rings (SSSR count). The number of thiocarbonyl (C=S) groups is 1. The Morgan fingerprint density at radius 3 is 2.62 bits per heavy atom. The number of nitro benzene ring substituents is 1. The van der Waals surface area contributed by atoms with Gasteiger partial charge in [0.05, 0.1) is 23.8 Å². The summed E-state index contributed by atoms with van der Waals surface area (Å²) in [6.07, 6.45) is 2.08. The molecule has 1 saturated heterocycles. The molecular formula is C16H24N4O3S. The third-order valence-electron chi connectivity index (χ3n) is 4.24. The summed E-state index contributed by atoms with van der Waals surface area (Å²) in [6.45, 7) is 6.53. The Hall–Kier alpha value is -1.93. The molecule has 0 unspecified atom stereocenters. The molecule has 132 valence electrons. The van der Waals surface area contributed by atoms with Gasteiger partial charge in [-0.2, -0.15) is 0 Å². The lowest BCUT2D eigenvalue weighted by atomic mass is 10.0. The first-order valence-electron chi connectivity index (χ1n) is 8.04. The fourth-order valence-corrected chi connectivity index (χ4v) is 3.08. The fraction of sp³-hybridized carbons (Fsp3) is 0.562. The second-order valence-corrected chi connectivity index (χ2v) is 6.55. The highest BCUT2D eigenvalue weighted by atomic mass is 32.1. The minimum atomic E-state index is -0.453. The summed E-state index contributed by atoms with van der Waals surface area (Å²) >= 11 is 5.36. The molecule has 1 aromatic rings. The van der Waals surface area contributed by atoms with Crippen LogP contribution in [0.1, 0.15) is 26.7 Å². The van der Waals surface area contributed by atoms with E-state index < -0.39 is 4.92 Å². The molecule has 0 atom stereocenters. The summed E-state index contributed by atoms with van der Waals surface area (Å²) in [5.74, 6) is 0.392. The molecule has 8 heteroatoms. The van der Waals surface area contributed by atoms with Crippen LogP contribution in [0.25, 0.3) is 0 Å². The lowest BCUT2D eigenvalue weighted by Crippen LogP contribution is -2.47. The molecule has 1 aliphatic heterocycles. The van der Waals surface area contributed by atoms with E-state index in [-0.39, 0.29) is 5.69 Å². The van der Waals surface area contributed by atoms with Crippen molar-refractivity contribution in [2.75, 3.05) is 25.5 Å². The lowest BCUT2D eigenvalue weighted by molar-refractivity contribution is -0.384. The zero-order valence-corrected chi connectivity index (χ0v) is 15.1. The van der Waals surface area contributed by atoms with Gasteiger partial charge in [-0.15, -0.1) is 0 Å². The first-order valence-corrected chi connectivity index (χ1v) is 8.45. The third-order valence-corrected chi connectivity index (χ3v) is 4.46. The molecule has 2 N–H and O–H groups in total. The van der Waals surface area contributed by atoms with Crippen LogP contribution in [0, 0.1) is 10.1 Å². The first kappa shape index (κ1) is 18.4. The Morgan fingerprint density at radius 2 is 2.08 bits per heavy atom. The van der Waals surface area contributed by atoms with Crippen molar-refractivity contribution < 1.29 is 9.66 Å². The SMILES string of the molecule is COc1cc([N+](=O)[O-])ccc1NC(=S)NC1CCN(C(C)C)CC1. The fourth-order valence-electron chi connectivity index (χ4n) is 2.80. The summed E-state index contributed by atoms with van der Waals surface area (Å²) in [5, 5.41) is 17.7. The van der Waals surface area contributed by atoms with E-state index in [4.69, 9.17) is 17.0 Å². The summed E-state index contributed by atoms with van der Waals surface area (Å²) in [6, 6.07) is 5.32. The van der Waals surface area contributed by atoms with Gasteiger partial charge in [0.2, 0.25) is 0 Å². The molecule has 0 aromatic heterocycles. The zero-order chi connectivity index (χ0) is 17.7. The number of anilines is 1. The van der Waals surface area contributed by atoms with Crippen LogP contribution in [0.2, 0.25) is 0 Å². The lowest BCUT2D eigenvalue weighted by Gasteiger charge is -2.35. The van der Waals surface area contributed by atoms with Crippen molar-refractivity contribution in [2.24, 2.45) is 0 Å². The number of methoxy groups -OCH3 is 1. The van der Waals surface area contributed by atoms with Crippen molar-refractivity contribution in [3.8, 4) is 5.75 Å². The number of likely N-dealkylation sites (tertiary alicyclic amines) is 1. The van der Waals surface area contributed by atoms with Gasteiger partial charge in [0.1, 0.15) is 5.75 Å². The number of nitrogens with one attached hydrogen (secondary N) is 2. The highest BCUT2D eigenvalue weighted by Crippen LogP contribution is 2.29. The van der Waals surface area contributed by atoms with Gasteiger partial charge in [-0.25, -0.2) is 0 Å². The highest BCUT2D eigenvalue weighted by Gasteiger charge is 2.21. The van der Waals surface area contributed by atoms with Crippen molar-refractivity contribution in [1.29, 1.82) is 0 Å². The van der Waals surface area contributed by atoms with E-state index >= 15 is 0 Å². The molecule has 0 amide bonds. The predicted molar refractivity (Wildman–Crippen MR) is 98.7 cm³/mol. The summed E-state index contributed by atoms with van der Waals surface area (Å²) in [7, 11) is 1.47.